The molecule has 1 aromatic carbocycles. The Labute approximate surface area is 152 Å². The minimum absolute atomic E-state index is 0.181. The van der Waals surface area contributed by atoms with Crippen molar-refractivity contribution in [2.75, 3.05) is 27.2 Å². The maximum Gasteiger partial charge on any atom is 0.328 e. The minimum Gasteiger partial charge on any atom is -0.454 e. The quantitative estimate of drug-likeness (QED) is 0.499. The number of ether oxygens (including phenoxy) is 1. The van der Waals surface area contributed by atoms with E-state index >= 15 is 0 Å². The molecule has 0 saturated heterocycles. The number of rotatable bonds is 8. The number of nitrogens with zero attached hydrogens (tertiary/aromatic N) is 1. The highest BCUT2D eigenvalue weighted by molar-refractivity contribution is 5.94. The molecule has 0 saturated carbocycles. The van der Waals surface area contributed by atoms with Crippen molar-refractivity contribution in [3.05, 3.63) is 42.0 Å². The van der Waals surface area contributed by atoms with E-state index in [4.69, 9.17) is 4.74 Å². The van der Waals surface area contributed by atoms with E-state index in [1.165, 1.54) is 17.9 Å². The summed E-state index contributed by atoms with van der Waals surface area (Å²) >= 11 is 0. The Bertz CT molecular complexity index is 671. The fourth-order valence-electron chi connectivity index (χ4n) is 1.70. The summed E-state index contributed by atoms with van der Waals surface area (Å²) in [6, 6.07) is 8.30. The Hall–Kier alpha value is -3.16. The summed E-state index contributed by atoms with van der Waals surface area (Å²) in [5, 5.41) is 4.78. The Morgan fingerprint density at radius 1 is 1.15 bits per heavy atom. The van der Waals surface area contributed by atoms with Crippen LogP contribution in [0, 0.1) is 0 Å². The molecule has 0 spiro atoms. The van der Waals surface area contributed by atoms with Gasteiger partial charge in [-0.25, -0.2) is 4.79 Å². The number of carbonyl (C=O) groups excluding carboxylic acids is 4. The van der Waals surface area contributed by atoms with Gasteiger partial charge in [0.2, 0.25) is 11.8 Å². The van der Waals surface area contributed by atoms with Crippen LogP contribution in [-0.2, 0) is 23.9 Å². The first-order chi connectivity index (χ1) is 12.3. The summed E-state index contributed by atoms with van der Waals surface area (Å²) in [6.45, 7) is 0.740. The molecule has 0 bridgehead atoms. The Balaban J connectivity index is 2.33. The van der Waals surface area contributed by atoms with E-state index in [1.807, 2.05) is 30.3 Å². The molecule has 0 heterocycles. The van der Waals surface area contributed by atoms with E-state index < -0.39 is 30.4 Å². The molecule has 0 fully saturated rings. The monoisotopic (exact) mass is 361 g/mol. The van der Waals surface area contributed by atoms with Gasteiger partial charge in [-0.2, -0.15) is 0 Å². The molecule has 0 aromatic heterocycles. The van der Waals surface area contributed by atoms with E-state index in [-0.39, 0.29) is 12.5 Å². The van der Waals surface area contributed by atoms with Crippen molar-refractivity contribution in [3.8, 4) is 0 Å². The first-order valence-electron chi connectivity index (χ1n) is 7.96. The van der Waals surface area contributed by atoms with Crippen LogP contribution >= 0.6 is 0 Å². The molecule has 2 N–H and O–H groups in total. The second-order valence-electron chi connectivity index (χ2n) is 5.65. The zero-order valence-electron chi connectivity index (χ0n) is 15.0. The Morgan fingerprint density at radius 2 is 1.81 bits per heavy atom. The van der Waals surface area contributed by atoms with Crippen molar-refractivity contribution in [2.24, 2.45) is 0 Å². The summed E-state index contributed by atoms with van der Waals surface area (Å²) in [5.41, 5.74) is 0.849. The van der Waals surface area contributed by atoms with E-state index in [0.717, 1.165) is 5.56 Å². The van der Waals surface area contributed by atoms with Crippen molar-refractivity contribution in [3.63, 3.8) is 0 Å². The van der Waals surface area contributed by atoms with Crippen molar-refractivity contribution >= 4 is 29.8 Å². The minimum atomic E-state index is -0.917. The summed E-state index contributed by atoms with van der Waals surface area (Å²) in [5.74, 6) is -2.09. The van der Waals surface area contributed by atoms with Gasteiger partial charge in [0.15, 0.2) is 6.61 Å². The smallest absolute Gasteiger partial charge is 0.328 e. The fraction of sp³-hybridized carbons (Fsp3) is 0.333. The highest BCUT2D eigenvalue weighted by Gasteiger charge is 2.17. The number of benzene rings is 1. The zero-order valence-corrected chi connectivity index (χ0v) is 15.0. The van der Waals surface area contributed by atoms with Crippen LogP contribution in [0.15, 0.2) is 36.4 Å². The van der Waals surface area contributed by atoms with Crippen LogP contribution in [0.3, 0.4) is 0 Å². The molecule has 0 aliphatic carbocycles. The standard InChI is InChI=1S/C18H23N3O5/c1-13(20-15(22)10-9-14-7-5-4-6-8-14)18(25)26-12-16(23)19-11-17(24)21(2)3/h4-10,13H,11-12H2,1-3H3,(H,19,23)(H,20,22)/b10-9+/t13-/m0/s1. The number of likely N-dealkylation sites (N-methyl/N-ethyl adjacent to an activating group) is 1. The number of nitrogens with one attached hydrogen (secondary N) is 2. The average molecular weight is 361 g/mol. The third kappa shape index (κ3) is 8.09. The molecular formula is C18H23N3O5. The number of hydrogen-bond acceptors (Lipinski definition) is 5. The lowest BCUT2D eigenvalue weighted by Crippen LogP contribution is -2.41. The van der Waals surface area contributed by atoms with Crippen LogP contribution in [0.1, 0.15) is 12.5 Å². The lowest BCUT2D eigenvalue weighted by Gasteiger charge is -2.13. The maximum absolute atomic E-state index is 11.8. The van der Waals surface area contributed by atoms with Crippen LogP contribution in [0.4, 0.5) is 0 Å². The predicted octanol–water partition coefficient (Wildman–Crippen LogP) is -0.0479. The highest BCUT2D eigenvalue weighted by Crippen LogP contribution is 2.00. The topological polar surface area (TPSA) is 105 Å². The van der Waals surface area contributed by atoms with E-state index in [1.54, 1.807) is 20.2 Å². The Kier molecular flexibility index (Phi) is 8.56. The second-order valence-corrected chi connectivity index (χ2v) is 5.65. The largest absolute Gasteiger partial charge is 0.454 e. The van der Waals surface area contributed by atoms with Crippen molar-refractivity contribution in [2.45, 2.75) is 13.0 Å². The summed E-state index contributed by atoms with van der Waals surface area (Å²) < 4.78 is 4.81. The van der Waals surface area contributed by atoms with E-state index in [2.05, 4.69) is 10.6 Å². The molecule has 8 heteroatoms. The fourth-order valence-corrected chi connectivity index (χ4v) is 1.70. The summed E-state index contributed by atoms with van der Waals surface area (Å²) in [7, 11) is 3.12. The molecule has 0 aliphatic heterocycles. The van der Waals surface area contributed by atoms with Gasteiger partial charge in [-0.1, -0.05) is 30.3 Å². The first kappa shape index (κ1) is 20.9. The maximum atomic E-state index is 11.8. The van der Waals surface area contributed by atoms with E-state index in [0.29, 0.717) is 0 Å². The molecule has 0 unspecified atom stereocenters. The first-order valence-corrected chi connectivity index (χ1v) is 7.96. The lowest BCUT2D eigenvalue weighted by molar-refractivity contribution is -0.151. The van der Waals surface area contributed by atoms with Gasteiger partial charge in [0.25, 0.3) is 5.91 Å². The summed E-state index contributed by atoms with van der Waals surface area (Å²) in [4.78, 5) is 47.7. The lowest BCUT2D eigenvalue weighted by atomic mass is 10.2. The molecule has 140 valence electrons. The van der Waals surface area contributed by atoms with Gasteiger partial charge in [0.05, 0.1) is 6.54 Å². The molecule has 0 radical (unpaired) electrons. The van der Waals surface area contributed by atoms with Gasteiger partial charge in [0.1, 0.15) is 6.04 Å². The number of esters is 1. The zero-order chi connectivity index (χ0) is 19.5. The van der Waals surface area contributed by atoms with Crippen LogP contribution in [0.2, 0.25) is 0 Å². The molecule has 0 aliphatic rings. The van der Waals surface area contributed by atoms with Crippen LogP contribution < -0.4 is 10.6 Å². The Morgan fingerprint density at radius 3 is 2.42 bits per heavy atom. The molecule has 1 atom stereocenters. The normalized spacial score (nSPS) is 11.5. The van der Waals surface area contributed by atoms with Crippen molar-refractivity contribution in [1.82, 2.24) is 15.5 Å². The highest BCUT2D eigenvalue weighted by atomic mass is 16.5. The van der Waals surface area contributed by atoms with Crippen LogP contribution in [0.25, 0.3) is 6.08 Å². The summed E-state index contributed by atoms with van der Waals surface area (Å²) in [6.07, 6.45) is 2.92. The van der Waals surface area contributed by atoms with Gasteiger partial charge in [-0.15, -0.1) is 0 Å². The second kappa shape index (κ2) is 10.7. The number of carbonyl (C=O) groups is 4. The van der Waals surface area contributed by atoms with Crippen LogP contribution in [0.5, 0.6) is 0 Å². The molecule has 1 rings (SSSR count). The van der Waals surface area contributed by atoms with Gasteiger partial charge in [-0.05, 0) is 18.6 Å². The SMILES string of the molecule is C[C@H](NC(=O)/C=C/c1ccccc1)C(=O)OCC(=O)NCC(=O)N(C)C. The van der Waals surface area contributed by atoms with Crippen molar-refractivity contribution in [1.29, 1.82) is 0 Å². The number of amides is 3. The third-order valence-corrected chi connectivity index (χ3v) is 3.22. The van der Waals surface area contributed by atoms with Gasteiger partial charge >= 0.3 is 5.97 Å². The molecular weight excluding hydrogens is 338 g/mol. The third-order valence-electron chi connectivity index (χ3n) is 3.22. The molecule has 1 aromatic rings. The molecule has 8 nitrogen and oxygen atoms in total. The van der Waals surface area contributed by atoms with Gasteiger partial charge in [0, 0.05) is 20.2 Å². The van der Waals surface area contributed by atoms with Crippen LogP contribution in [-0.4, -0.2) is 61.9 Å². The average Bonchev–Trinajstić information content (AvgIpc) is 2.62. The van der Waals surface area contributed by atoms with Crippen molar-refractivity contribution < 1.29 is 23.9 Å². The van der Waals surface area contributed by atoms with Gasteiger partial charge < -0.3 is 20.3 Å². The van der Waals surface area contributed by atoms with Gasteiger partial charge in [-0.3, -0.25) is 14.4 Å². The molecule has 3 amide bonds. The van der Waals surface area contributed by atoms with E-state index in [9.17, 15) is 19.2 Å². The molecule has 26 heavy (non-hydrogen) atoms. The predicted molar refractivity (Wildman–Crippen MR) is 95.7 cm³/mol. The number of hydrogen-bond donors (Lipinski definition) is 2.